The molecule has 2 amide bonds. The van der Waals surface area contributed by atoms with Gasteiger partial charge in [-0.3, -0.25) is 19.9 Å². The molecule has 0 atom stereocenters. The van der Waals surface area contributed by atoms with Gasteiger partial charge in [0.05, 0.1) is 11.4 Å². The Morgan fingerprint density at radius 3 is 2.55 bits per heavy atom. The molecule has 0 bridgehead atoms. The number of hydrogen-bond donors (Lipinski definition) is 2. The monoisotopic (exact) mass is 298 g/mol. The first-order valence-electron chi connectivity index (χ1n) is 6.57. The quantitative estimate of drug-likeness (QED) is 0.440. The molecule has 6 nitrogen and oxygen atoms in total. The Kier molecular flexibility index (Phi) is 6.63. The smallest absolute Gasteiger partial charge is 0.275 e. The van der Waals surface area contributed by atoms with E-state index in [1.54, 1.807) is 4.90 Å². The molecule has 3 N–H and O–H groups in total. The largest absolute Gasteiger partial charge is 0.342 e. The summed E-state index contributed by atoms with van der Waals surface area (Å²) in [4.78, 5) is 27.9. The fraction of sp³-hybridized carbons (Fsp3) is 0.538. The Hall–Kier alpha value is -1.44. The van der Waals surface area contributed by atoms with Gasteiger partial charge in [-0.15, -0.1) is 11.3 Å². The van der Waals surface area contributed by atoms with Crippen LogP contribution in [0.4, 0.5) is 0 Å². The minimum Gasteiger partial charge on any atom is -0.342 e. The molecule has 0 saturated carbocycles. The maximum absolute atomic E-state index is 12.0. The van der Waals surface area contributed by atoms with Gasteiger partial charge in [0.2, 0.25) is 5.91 Å². The molecule has 0 radical (unpaired) electrons. The molecule has 112 valence electrons. The normalized spacial score (nSPS) is 10.7. The summed E-state index contributed by atoms with van der Waals surface area (Å²) in [7, 11) is 1.86. The number of nitrogens with one attached hydrogen (secondary N) is 1. The lowest BCUT2D eigenvalue weighted by molar-refractivity contribution is -0.131. The summed E-state index contributed by atoms with van der Waals surface area (Å²) >= 11 is 1.34. The molecule has 1 aromatic heterocycles. The van der Waals surface area contributed by atoms with E-state index in [-0.39, 0.29) is 11.8 Å². The number of carbonyl (C=O) groups excluding carboxylic acids is 2. The number of likely N-dealkylation sites (N-methyl/N-ethyl adjacent to an activating group) is 2. The van der Waals surface area contributed by atoms with Crippen molar-refractivity contribution < 1.29 is 9.59 Å². The van der Waals surface area contributed by atoms with Crippen LogP contribution in [0.25, 0.3) is 0 Å². The van der Waals surface area contributed by atoms with E-state index in [0.29, 0.717) is 31.1 Å². The van der Waals surface area contributed by atoms with Crippen LogP contribution in [-0.4, -0.2) is 48.3 Å². The number of hydrogen-bond acceptors (Lipinski definition) is 5. The van der Waals surface area contributed by atoms with Crippen LogP contribution in [-0.2, 0) is 11.3 Å². The van der Waals surface area contributed by atoms with Gasteiger partial charge in [-0.1, -0.05) is 0 Å². The molecule has 0 aromatic carbocycles. The second kappa shape index (κ2) is 7.98. The Morgan fingerprint density at radius 2 is 2.00 bits per heavy atom. The molecular weight excluding hydrogens is 276 g/mol. The number of nitrogens with zero attached hydrogens (tertiary/aromatic N) is 2. The highest BCUT2D eigenvalue weighted by Crippen LogP contribution is 2.18. The van der Waals surface area contributed by atoms with Crippen molar-refractivity contribution in [3.05, 3.63) is 21.9 Å². The maximum atomic E-state index is 12.0. The predicted octanol–water partition coefficient (Wildman–Crippen LogP) is 0.652. The van der Waals surface area contributed by atoms with E-state index in [1.807, 2.05) is 37.2 Å². The molecular formula is C13H22N4O2S. The molecule has 0 spiro atoms. The van der Waals surface area contributed by atoms with Gasteiger partial charge in [0.25, 0.3) is 5.91 Å². The van der Waals surface area contributed by atoms with E-state index in [9.17, 15) is 9.59 Å². The van der Waals surface area contributed by atoms with Crippen LogP contribution < -0.4 is 11.3 Å². The Balaban J connectivity index is 2.63. The zero-order valence-corrected chi connectivity index (χ0v) is 13.0. The molecule has 0 aliphatic heterocycles. The number of thiophene rings is 1. The first kappa shape index (κ1) is 16.6. The highest BCUT2D eigenvalue weighted by molar-refractivity contribution is 7.12. The van der Waals surface area contributed by atoms with Crippen LogP contribution in [0.2, 0.25) is 0 Å². The van der Waals surface area contributed by atoms with Gasteiger partial charge in [0.1, 0.15) is 0 Å². The molecule has 1 rings (SSSR count). The zero-order chi connectivity index (χ0) is 15.1. The zero-order valence-electron chi connectivity index (χ0n) is 12.2. The number of carbonyl (C=O) groups is 2. The van der Waals surface area contributed by atoms with Crippen LogP contribution in [0.5, 0.6) is 0 Å². The average molecular weight is 298 g/mol. The third kappa shape index (κ3) is 4.29. The van der Waals surface area contributed by atoms with Crippen LogP contribution in [0.3, 0.4) is 0 Å². The second-order valence-corrected chi connectivity index (χ2v) is 5.40. The number of rotatable bonds is 7. The van der Waals surface area contributed by atoms with Crippen molar-refractivity contribution in [1.82, 2.24) is 15.2 Å². The Morgan fingerprint density at radius 1 is 1.35 bits per heavy atom. The van der Waals surface area contributed by atoms with Crippen molar-refractivity contribution in [1.29, 1.82) is 0 Å². The summed E-state index contributed by atoms with van der Waals surface area (Å²) in [5, 5.41) is 1.85. The summed E-state index contributed by atoms with van der Waals surface area (Å²) in [6.45, 7) is 6.22. The standard InChI is InChI=1S/C13H22N4O2S/c1-4-17(5-2)11(18)9-16(3)8-10-6-7-20-12(10)13(19)15-14/h6-7H,4-5,8-9,14H2,1-3H3,(H,15,19). The molecule has 0 saturated heterocycles. The predicted molar refractivity (Wildman–Crippen MR) is 80.2 cm³/mol. The second-order valence-electron chi connectivity index (χ2n) is 4.49. The van der Waals surface area contributed by atoms with Crippen molar-refractivity contribution in [3.8, 4) is 0 Å². The van der Waals surface area contributed by atoms with Crippen molar-refractivity contribution in [2.75, 3.05) is 26.7 Å². The minimum absolute atomic E-state index is 0.0950. The third-order valence-corrected chi connectivity index (χ3v) is 4.00. The third-order valence-electron chi connectivity index (χ3n) is 3.05. The lowest BCUT2D eigenvalue weighted by Crippen LogP contribution is -2.38. The maximum Gasteiger partial charge on any atom is 0.275 e. The Bertz CT molecular complexity index is 457. The van der Waals surface area contributed by atoms with Gasteiger partial charge >= 0.3 is 0 Å². The molecule has 0 aliphatic rings. The van der Waals surface area contributed by atoms with Gasteiger partial charge in [-0.2, -0.15) is 0 Å². The van der Waals surface area contributed by atoms with E-state index < -0.39 is 0 Å². The van der Waals surface area contributed by atoms with E-state index in [2.05, 4.69) is 5.43 Å². The summed E-state index contributed by atoms with van der Waals surface area (Å²) in [6, 6.07) is 1.88. The molecule has 20 heavy (non-hydrogen) atoms. The summed E-state index contributed by atoms with van der Waals surface area (Å²) in [6.07, 6.45) is 0. The lowest BCUT2D eigenvalue weighted by Gasteiger charge is -2.23. The van der Waals surface area contributed by atoms with E-state index >= 15 is 0 Å². The highest BCUT2D eigenvalue weighted by atomic mass is 32.1. The fourth-order valence-corrected chi connectivity index (χ4v) is 2.80. The molecule has 7 heteroatoms. The van der Waals surface area contributed by atoms with Gasteiger partial charge in [0.15, 0.2) is 0 Å². The minimum atomic E-state index is -0.293. The molecule has 1 heterocycles. The van der Waals surface area contributed by atoms with Gasteiger partial charge < -0.3 is 4.90 Å². The first-order chi connectivity index (χ1) is 9.53. The van der Waals surface area contributed by atoms with Gasteiger partial charge in [-0.05, 0) is 37.9 Å². The summed E-state index contributed by atoms with van der Waals surface area (Å²) < 4.78 is 0. The van der Waals surface area contributed by atoms with Gasteiger partial charge in [-0.25, -0.2) is 5.84 Å². The topological polar surface area (TPSA) is 78.7 Å². The molecule has 0 aliphatic carbocycles. The van der Waals surface area contributed by atoms with Crippen LogP contribution in [0, 0.1) is 0 Å². The number of nitrogens with two attached hydrogens (primary N) is 1. The highest BCUT2D eigenvalue weighted by Gasteiger charge is 2.16. The van der Waals surface area contributed by atoms with Crippen molar-refractivity contribution in [2.24, 2.45) is 5.84 Å². The van der Waals surface area contributed by atoms with Crippen molar-refractivity contribution >= 4 is 23.2 Å². The fourth-order valence-electron chi connectivity index (χ4n) is 1.98. The SMILES string of the molecule is CCN(CC)C(=O)CN(C)Cc1ccsc1C(=O)NN. The van der Waals surface area contributed by atoms with E-state index in [0.717, 1.165) is 5.56 Å². The number of hydrazine groups is 1. The van der Waals surface area contributed by atoms with Gasteiger partial charge in [0, 0.05) is 19.6 Å². The molecule has 0 unspecified atom stereocenters. The molecule has 1 aromatic rings. The number of nitrogen functional groups attached to an aromatic ring is 1. The van der Waals surface area contributed by atoms with Crippen LogP contribution in [0.15, 0.2) is 11.4 Å². The summed E-state index contributed by atoms with van der Waals surface area (Å²) in [5.74, 6) is 4.95. The van der Waals surface area contributed by atoms with Crippen LogP contribution in [0.1, 0.15) is 29.1 Å². The number of amides is 2. The Labute approximate surface area is 123 Å². The lowest BCUT2D eigenvalue weighted by atomic mass is 10.2. The average Bonchev–Trinajstić information content (AvgIpc) is 2.87. The molecule has 0 fully saturated rings. The van der Waals surface area contributed by atoms with Crippen molar-refractivity contribution in [2.45, 2.75) is 20.4 Å². The van der Waals surface area contributed by atoms with Crippen molar-refractivity contribution in [3.63, 3.8) is 0 Å². The summed E-state index contributed by atoms with van der Waals surface area (Å²) in [5.41, 5.74) is 3.02. The first-order valence-corrected chi connectivity index (χ1v) is 7.45. The van der Waals surface area contributed by atoms with E-state index in [1.165, 1.54) is 11.3 Å². The van der Waals surface area contributed by atoms with E-state index in [4.69, 9.17) is 5.84 Å². The van der Waals surface area contributed by atoms with Crippen LogP contribution >= 0.6 is 11.3 Å².